The lowest BCUT2D eigenvalue weighted by molar-refractivity contribution is -0.185. The Hall–Kier alpha value is -3.08. The van der Waals surface area contributed by atoms with Crippen LogP contribution in [-0.2, 0) is 21.4 Å². The Labute approximate surface area is 171 Å². The smallest absolute Gasteiger partial charge is 0.471 e. The first kappa shape index (κ1) is 23.2. The minimum Gasteiger partial charge on any atom is -0.478 e. The Kier molecular flexibility index (Phi) is 6.76. The summed E-state index contributed by atoms with van der Waals surface area (Å²) in [5.74, 6) is -3.27. The fourth-order valence-corrected chi connectivity index (χ4v) is 3.75. The van der Waals surface area contributed by atoms with Gasteiger partial charge in [0.25, 0.3) is 10.0 Å². The fourth-order valence-electron chi connectivity index (χ4n) is 2.67. The summed E-state index contributed by atoms with van der Waals surface area (Å²) in [6.07, 6.45) is -5.01. The summed E-state index contributed by atoms with van der Waals surface area (Å²) in [7, 11) is -4.15. The molecule has 0 fully saturated rings. The molecule has 0 aliphatic rings. The van der Waals surface area contributed by atoms with Crippen molar-refractivity contribution in [2.75, 3.05) is 11.3 Å². The summed E-state index contributed by atoms with van der Waals surface area (Å²) in [6, 6.07) is 9.19. The third kappa shape index (κ3) is 5.50. The molecule has 162 valence electrons. The molecule has 0 aliphatic heterocycles. The second-order valence-corrected chi connectivity index (χ2v) is 8.09. The molecule has 0 bridgehead atoms. The van der Waals surface area contributed by atoms with Gasteiger partial charge in [-0.2, -0.15) is 13.2 Å². The lowest BCUT2D eigenvalue weighted by Crippen LogP contribution is -2.40. The summed E-state index contributed by atoms with van der Waals surface area (Å²) in [6.45, 7) is 2.37. The summed E-state index contributed by atoms with van der Waals surface area (Å²) in [5, 5.41) is 9.16. The van der Waals surface area contributed by atoms with E-state index in [1.54, 1.807) is 0 Å². The number of alkyl halides is 3. The van der Waals surface area contributed by atoms with Crippen LogP contribution in [0.1, 0.15) is 28.4 Å². The van der Waals surface area contributed by atoms with E-state index in [9.17, 15) is 31.2 Å². The van der Waals surface area contributed by atoms with E-state index in [1.165, 1.54) is 50.2 Å². The van der Waals surface area contributed by atoms with Crippen LogP contribution in [0.25, 0.3) is 0 Å². The average Bonchev–Trinajstić information content (AvgIpc) is 2.64. The number of aryl methyl sites for hydroxylation is 1. The highest BCUT2D eigenvalue weighted by molar-refractivity contribution is 7.92. The number of halogens is 3. The Balaban J connectivity index is 2.27. The number of carboxylic acid groups (broad SMARTS) is 1. The second kappa shape index (κ2) is 8.74. The Morgan fingerprint density at radius 2 is 1.80 bits per heavy atom. The highest BCUT2D eigenvalue weighted by Crippen LogP contribution is 2.23. The van der Waals surface area contributed by atoms with Crippen molar-refractivity contribution in [2.45, 2.75) is 31.5 Å². The first-order valence-corrected chi connectivity index (χ1v) is 10.1. The maximum atomic E-state index is 12.7. The van der Waals surface area contributed by atoms with Crippen LogP contribution in [0.2, 0.25) is 0 Å². The van der Waals surface area contributed by atoms with Gasteiger partial charge in [0.05, 0.1) is 10.5 Å². The number of anilines is 1. The van der Waals surface area contributed by atoms with Gasteiger partial charge in [-0.15, -0.1) is 0 Å². The molecule has 1 amide bonds. The maximum Gasteiger partial charge on any atom is 0.471 e. The maximum absolute atomic E-state index is 12.7. The van der Waals surface area contributed by atoms with E-state index in [-0.39, 0.29) is 34.8 Å². The van der Waals surface area contributed by atoms with Gasteiger partial charge in [0.1, 0.15) is 0 Å². The summed E-state index contributed by atoms with van der Waals surface area (Å²) in [4.78, 5) is 23.0. The quantitative estimate of drug-likeness (QED) is 0.681. The number of carbonyl (C=O) groups is 2. The van der Waals surface area contributed by atoms with Crippen LogP contribution >= 0.6 is 0 Å². The molecular weight excluding hydrogens is 425 g/mol. The molecule has 2 aromatic rings. The van der Waals surface area contributed by atoms with Gasteiger partial charge in [0, 0.05) is 18.8 Å². The molecule has 2 rings (SSSR count). The molecule has 0 unspecified atom stereocenters. The van der Waals surface area contributed by atoms with Crippen molar-refractivity contribution in [1.29, 1.82) is 0 Å². The van der Waals surface area contributed by atoms with E-state index in [2.05, 4.69) is 4.72 Å². The molecule has 0 spiro atoms. The predicted octanol–water partition coefficient (Wildman–Crippen LogP) is 3.40. The number of benzene rings is 2. The number of sulfonamides is 1. The van der Waals surface area contributed by atoms with Crippen LogP contribution in [0.3, 0.4) is 0 Å². The van der Waals surface area contributed by atoms with Crippen molar-refractivity contribution in [1.82, 2.24) is 4.90 Å². The Morgan fingerprint density at radius 1 is 1.13 bits per heavy atom. The van der Waals surface area contributed by atoms with E-state index in [0.717, 1.165) is 6.07 Å². The topological polar surface area (TPSA) is 104 Å². The molecule has 2 aromatic carbocycles. The van der Waals surface area contributed by atoms with Crippen molar-refractivity contribution in [3.8, 4) is 0 Å². The molecule has 7 nitrogen and oxygen atoms in total. The third-order valence-corrected chi connectivity index (χ3v) is 5.59. The zero-order chi connectivity index (χ0) is 22.7. The van der Waals surface area contributed by atoms with E-state index in [0.29, 0.717) is 10.5 Å². The van der Waals surface area contributed by atoms with E-state index >= 15 is 0 Å². The first-order chi connectivity index (χ1) is 13.8. The zero-order valence-corrected chi connectivity index (χ0v) is 16.8. The molecule has 0 aliphatic carbocycles. The average molecular weight is 444 g/mol. The number of nitrogens with zero attached hydrogens (tertiary/aromatic N) is 1. The van der Waals surface area contributed by atoms with Gasteiger partial charge in [0.15, 0.2) is 0 Å². The standard InChI is InChI=1S/C19H19F3N2O5S/c1-3-24(18(27)19(20,21)22)11-13-5-4-6-14(9-13)23-30(28,29)15-8-7-12(2)16(10-15)17(25)26/h4-10,23H,3,11H2,1-2H3,(H,25,26). The number of hydrogen-bond acceptors (Lipinski definition) is 4. The molecular formula is C19H19F3N2O5S. The first-order valence-electron chi connectivity index (χ1n) is 8.67. The van der Waals surface area contributed by atoms with Crippen molar-refractivity contribution in [3.63, 3.8) is 0 Å². The van der Waals surface area contributed by atoms with Gasteiger partial charge in [-0.3, -0.25) is 9.52 Å². The van der Waals surface area contributed by atoms with Gasteiger partial charge in [0.2, 0.25) is 0 Å². The number of nitrogens with one attached hydrogen (secondary N) is 1. The number of rotatable bonds is 7. The van der Waals surface area contributed by atoms with Gasteiger partial charge in [-0.05, 0) is 49.2 Å². The van der Waals surface area contributed by atoms with E-state index in [1.807, 2.05) is 0 Å². The number of hydrogen-bond donors (Lipinski definition) is 2. The molecule has 30 heavy (non-hydrogen) atoms. The predicted molar refractivity (Wildman–Crippen MR) is 103 cm³/mol. The Bertz CT molecular complexity index is 1070. The van der Waals surface area contributed by atoms with Gasteiger partial charge < -0.3 is 10.0 Å². The van der Waals surface area contributed by atoms with Crippen LogP contribution in [0.15, 0.2) is 47.4 Å². The van der Waals surface area contributed by atoms with Crippen LogP contribution in [0.5, 0.6) is 0 Å². The Morgan fingerprint density at radius 3 is 2.37 bits per heavy atom. The highest BCUT2D eigenvalue weighted by atomic mass is 32.2. The van der Waals surface area contributed by atoms with Crippen LogP contribution < -0.4 is 4.72 Å². The number of carboxylic acids is 1. The molecule has 0 radical (unpaired) electrons. The summed E-state index contributed by atoms with van der Waals surface area (Å²) in [5.41, 5.74) is 0.554. The van der Waals surface area contributed by atoms with Crippen LogP contribution in [-0.4, -0.2) is 43.0 Å². The molecule has 0 heterocycles. The van der Waals surface area contributed by atoms with Crippen LogP contribution in [0.4, 0.5) is 18.9 Å². The van der Waals surface area contributed by atoms with E-state index < -0.39 is 28.1 Å². The summed E-state index contributed by atoms with van der Waals surface area (Å²) >= 11 is 0. The number of carbonyl (C=O) groups excluding carboxylic acids is 1. The van der Waals surface area contributed by atoms with Gasteiger partial charge in [-0.25, -0.2) is 13.2 Å². The number of aromatic carboxylic acids is 1. The lowest BCUT2D eigenvalue weighted by atomic mass is 10.1. The zero-order valence-electron chi connectivity index (χ0n) is 16.0. The van der Waals surface area contributed by atoms with Crippen LogP contribution in [0, 0.1) is 6.92 Å². The van der Waals surface area contributed by atoms with Crippen molar-refractivity contribution < 1.29 is 36.3 Å². The SMILES string of the molecule is CCN(Cc1cccc(NS(=O)(=O)c2ccc(C)c(C(=O)O)c2)c1)C(=O)C(F)(F)F. The third-order valence-electron chi connectivity index (χ3n) is 4.21. The van der Waals surface area contributed by atoms with Crippen molar-refractivity contribution >= 4 is 27.6 Å². The van der Waals surface area contributed by atoms with Gasteiger partial charge in [-0.1, -0.05) is 18.2 Å². The minimum absolute atomic E-state index is 0.0560. The highest BCUT2D eigenvalue weighted by Gasteiger charge is 2.41. The molecule has 0 atom stereocenters. The largest absolute Gasteiger partial charge is 0.478 e. The molecule has 0 saturated heterocycles. The van der Waals surface area contributed by atoms with E-state index in [4.69, 9.17) is 5.11 Å². The molecule has 2 N–H and O–H groups in total. The summed E-state index contributed by atoms with van der Waals surface area (Å²) < 4.78 is 65.5. The molecule has 11 heteroatoms. The number of amides is 1. The molecule has 0 aromatic heterocycles. The normalized spacial score (nSPS) is 11.8. The van der Waals surface area contributed by atoms with Crippen molar-refractivity contribution in [2.24, 2.45) is 0 Å². The fraction of sp³-hybridized carbons (Fsp3) is 0.263. The monoisotopic (exact) mass is 444 g/mol. The van der Waals surface area contributed by atoms with Crippen molar-refractivity contribution in [3.05, 3.63) is 59.2 Å². The second-order valence-electron chi connectivity index (χ2n) is 6.40. The molecule has 0 saturated carbocycles. The van der Waals surface area contributed by atoms with Gasteiger partial charge >= 0.3 is 18.1 Å². The lowest BCUT2D eigenvalue weighted by Gasteiger charge is -2.22. The minimum atomic E-state index is -5.01.